The third-order valence-electron chi connectivity index (χ3n) is 3.00. The maximum Gasteiger partial charge on any atom is 0.234 e. The Morgan fingerprint density at radius 1 is 1.47 bits per heavy atom. The van der Waals surface area contributed by atoms with Gasteiger partial charge in [-0.25, -0.2) is 0 Å². The summed E-state index contributed by atoms with van der Waals surface area (Å²) in [6.45, 7) is 4.43. The van der Waals surface area contributed by atoms with Crippen molar-refractivity contribution >= 4 is 5.91 Å². The minimum atomic E-state index is -0.263. The molecule has 1 atom stereocenters. The lowest BCUT2D eigenvalue weighted by Crippen LogP contribution is -2.43. The van der Waals surface area contributed by atoms with Crippen LogP contribution in [-0.4, -0.2) is 49.5 Å². The molecule has 1 aliphatic rings. The standard InChI is InChI=1S/C12H24N2O3/c1-2-11(15)3-6-13-9-12(16)14-10-4-7-17-8-5-10/h10-11,13,15H,2-9H2,1H3,(H,14,16). The van der Waals surface area contributed by atoms with E-state index < -0.39 is 0 Å². The molecule has 1 amide bonds. The van der Waals surface area contributed by atoms with Crippen LogP contribution in [0, 0.1) is 0 Å². The van der Waals surface area contributed by atoms with Gasteiger partial charge in [0.05, 0.1) is 12.6 Å². The fourth-order valence-electron chi connectivity index (χ4n) is 1.80. The Labute approximate surface area is 103 Å². The molecule has 1 aliphatic heterocycles. The van der Waals surface area contributed by atoms with Crippen LogP contribution in [0.1, 0.15) is 32.6 Å². The highest BCUT2D eigenvalue weighted by molar-refractivity contribution is 5.78. The predicted molar refractivity (Wildman–Crippen MR) is 65.8 cm³/mol. The Hall–Kier alpha value is -0.650. The summed E-state index contributed by atoms with van der Waals surface area (Å²) in [5, 5.41) is 15.3. The molecular weight excluding hydrogens is 220 g/mol. The van der Waals surface area contributed by atoms with Crippen LogP contribution in [0.4, 0.5) is 0 Å². The van der Waals surface area contributed by atoms with Crippen molar-refractivity contribution in [3.63, 3.8) is 0 Å². The van der Waals surface area contributed by atoms with Crippen LogP contribution in [0.3, 0.4) is 0 Å². The molecule has 0 spiro atoms. The molecule has 17 heavy (non-hydrogen) atoms. The van der Waals surface area contributed by atoms with Crippen LogP contribution in [0.25, 0.3) is 0 Å². The fraction of sp³-hybridized carbons (Fsp3) is 0.917. The Balaban J connectivity index is 2.00. The molecule has 5 heteroatoms. The number of aliphatic hydroxyl groups is 1. The number of hydrogen-bond acceptors (Lipinski definition) is 4. The van der Waals surface area contributed by atoms with E-state index in [2.05, 4.69) is 10.6 Å². The summed E-state index contributed by atoms with van der Waals surface area (Å²) in [7, 11) is 0. The van der Waals surface area contributed by atoms with Gasteiger partial charge in [0.25, 0.3) is 0 Å². The summed E-state index contributed by atoms with van der Waals surface area (Å²) in [6, 6.07) is 0.263. The average Bonchev–Trinajstić information content (AvgIpc) is 2.35. The van der Waals surface area contributed by atoms with Crippen molar-refractivity contribution in [2.45, 2.75) is 44.8 Å². The molecule has 0 saturated carbocycles. The SMILES string of the molecule is CCC(O)CCNCC(=O)NC1CCOCC1. The number of carbonyl (C=O) groups is 1. The van der Waals surface area contributed by atoms with E-state index in [1.807, 2.05) is 6.92 Å². The first-order chi connectivity index (χ1) is 8.22. The van der Waals surface area contributed by atoms with Gasteiger partial charge < -0.3 is 20.5 Å². The first-order valence-electron chi connectivity index (χ1n) is 6.48. The third-order valence-corrected chi connectivity index (χ3v) is 3.00. The molecule has 1 unspecified atom stereocenters. The molecule has 1 heterocycles. The first-order valence-corrected chi connectivity index (χ1v) is 6.48. The number of aliphatic hydroxyl groups excluding tert-OH is 1. The van der Waals surface area contributed by atoms with Gasteiger partial charge in [-0.1, -0.05) is 6.92 Å². The van der Waals surface area contributed by atoms with E-state index in [9.17, 15) is 9.90 Å². The highest BCUT2D eigenvalue weighted by atomic mass is 16.5. The van der Waals surface area contributed by atoms with E-state index in [4.69, 9.17) is 4.74 Å². The molecular formula is C12H24N2O3. The monoisotopic (exact) mass is 244 g/mol. The van der Waals surface area contributed by atoms with Crippen molar-refractivity contribution < 1.29 is 14.6 Å². The van der Waals surface area contributed by atoms with Crippen LogP contribution in [0.2, 0.25) is 0 Å². The van der Waals surface area contributed by atoms with Crippen molar-refractivity contribution in [3.05, 3.63) is 0 Å². The van der Waals surface area contributed by atoms with Gasteiger partial charge in [-0.3, -0.25) is 4.79 Å². The smallest absolute Gasteiger partial charge is 0.234 e. The van der Waals surface area contributed by atoms with Gasteiger partial charge in [-0.05, 0) is 32.2 Å². The molecule has 5 nitrogen and oxygen atoms in total. The largest absolute Gasteiger partial charge is 0.393 e. The Morgan fingerprint density at radius 3 is 2.82 bits per heavy atom. The Morgan fingerprint density at radius 2 is 2.18 bits per heavy atom. The van der Waals surface area contributed by atoms with Crippen molar-refractivity contribution in [3.8, 4) is 0 Å². The van der Waals surface area contributed by atoms with Crippen LogP contribution >= 0.6 is 0 Å². The summed E-state index contributed by atoms with van der Waals surface area (Å²) in [5.41, 5.74) is 0. The van der Waals surface area contributed by atoms with Crippen molar-refractivity contribution in [2.24, 2.45) is 0 Å². The number of amides is 1. The van der Waals surface area contributed by atoms with Crippen LogP contribution in [0.15, 0.2) is 0 Å². The van der Waals surface area contributed by atoms with Crippen LogP contribution in [0.5, 0.6) is 0 Å². The van der Waals surface area contributed by atoms with Crippen LogP contribution in [-0.2, 0) is 9.53 Å². The number of hydrogen-bond donors (Lipinski definition) is 3. The molecule has 3 N–H and O–H groups in total. The molecule has 0 aliphatic carbocycles. The highest BCUT2D eigenvalue weighted by Gasteiger charge is 2.15. The zero-order valence-corrected chi connectivity index (χ0v) is 10.6. The lowest BCUT2D eigenvalue weighted by molar-refractivity contribution is -0.121. The molecule has 100 valence electrons. The number of ether oxygens (including phenoxy) is 1. The van der Waals surface area contributed by atoms with Gasteiger partial charge in [0.2, 0.25) is 5.91 Å². The van der Waals surface area contributed by atoms with E-state index in [0.29, 0.717) is 19.5 Å². The summed E-state index contributed by atoms with van der Waals surface area (Å²) < 4.78 is 5.22. The first kappa shape index (κ1) is 14.4. The summed E-state index contributed by atoms with van der Waals surface area (Å²) in [4.78, 5) is 11.5. The van der Waals surface area contributed by atoms with Gasteiger partial charge in [-0.15, -0.1) is 0 Å². The Bertz CT molecular complexity index is 218. The van der Waals surface area contributed by atoms with Gasteiger partial charge in [0.1, 0.15) is 0 Å². The lowest BCUT2D eigenvalue weighted by Gasteiger charge is -2.23. The van der Waals surface area contributed by atoms with E-state index in [1.54, 1.807) is 0 Å². The number of nitrogens with one attached hydrogen (secondary N) is 2. The van der Waals surface area contributed by atoms with Crippen molar-refractivity contribution in [1.29, 1.82) is 0 Å². The number of rotatable bonds is 7. The molecule has 0 aromatic carbocycles. The van der Waals surface area contributed by atoms with Crippen molar-refractivity contribution in [2.75, 3.05) is 26.3 Å². The maximum absolute atomic E-state index is 11.5. The topological polar surface area (TPSA) is 70.6 Å². The molecule has 1 fully saturated rings. The normalized spacial score (nSPS) is 18.9. The van der Waals surface area contributed by atoms with E-state index in [0.717, 1.165) is 32.5 Å². The van der Waals surface area contributed by atoms with E-state index >= 15 is 0 Å². The summed E-state index contributed by atoms with van der Waals surface area (Å²) in [5.74, 6) is 0.0305. The summed E-state index contributed by atoms with van der Waals surface area (Å²) in [6.07, 6.45) is 3.00. The fourth-order valence-corrected chi connectivity index (χ4v) is 1.80. The zero-order chi connectivity index (χ0) is 12.5. The lowest BCUT2D eigenvalue weighted by atomic mass is 10.1. The van der Waals surface area contributed by atoms with E-state index in [1.165, 1.54) is 0 Å². The second-order valence-electron chi connectivity index (χ2n) is 4.48. The predicted octanol–water partition coefficient (Wildman–Crippen LogP) is 0.0322. The molecule has 0 aromatic rings. The molecule has 0 bridgehead atoms. The van der Waals surface area contributed by atoms with Gasteiger partial charge in [-0.2, -0.15) is 0 Å². The van der Waals surface area contributed by atoms with Crippen molar-refractivity contribution in [1.82, 2.24) is 10.6 Å². The summed E-state index contributed by atoms with van der Waals surface area (Å²) >= 11 is 0. The van der Waals surface area contributed by atoms with Gasteiger partial charge in [0.15, 0.2) is 0 Å². The minimum absolute atomic E-state index is 0.0305. The second-order valence-corrected chi connectivity index (χ2v) is 4.48. The third kappa shape index (κ3) is 6.61. The number of carbonyl (C=O) groups excluding carboxylic acids is 1. The van der Waals surface area contributed by atoms with Gasteiger partial charge >= 0.3 is 0 Å². The zero-order valence-electron chi connectivity index (χ0n) is 10.6. The van der Waals surface area contributed by atoms with Gasteiger partial charge in [0, 0.05) is 19.3 Å². The van der Waals surface area contributed by atoms with Crippen LogP contribution < -0.4 is 10.6 Å². The maximum atomic E-state index is 11.5. The highest BCUT2D eigenvalue weighted by Crippen LogP contribution is 2.05. The van der Waals surface area contributed by atoms with E-state index in [-0.39, 0.29) is 18.1 Å². The molecule has 0 aromatic heterocycles. The quantitative estimate of drug-likeness (QED) is 0.553. The molecule has 0 radical (unpaired) electrons. The molecule has 1 saturated heterocycles. The average molecular weight is 244 g/mol. The minimum Gasteiger partial charge on any atom is -0.393 e. The second kappa shape index (κ2) is 8.44. The Kier molecular flexibility index (Phi) is 7.16. The molecule has 1 rings (SSSR count).